The number of carboxylic acid groups (broad SMARTS) is 1. The number of anilines is 1. The Morgan fingerprint density at radius 2 is 2.00 bits per heavy atom. The van der Waals surface area contributed by atoms with Crippen molar-refractivity contribution in [3.63, 3.8) is 0 Å². The van der Waals surface area contributed by atoms with E-state index in [0.717, 1.165) is 0 Å². The maximum Gasteiger partial charge on any atom is 0.328 e. The topological polar surface area (TPSA) is 86.6 Å². The molecule has 0 bridgehead atoms. The largest absolute Gasteiger partial charge is 0.480 e. The van der Waals surface area contributed by atoms with Crippen LogP contribution in [0.4, 0.5) is 5.69 Å². The summed E-state index contributed by atoms with van der Waals surface area (Å²) in [6.07, 6.45) is 0. The number of hydrogen-bond acceptors (Lipinski definition) is 4. The Hall–Kier alpha value is -1.88. The van der Waals surface area contributed by atoms with E-state index in [4.69, 9.17) is 10.2 Å². The van der Waals surface area contributed by atoms with Gasteiger partial charge in [0.25, 0.3) is 0 Å². The Morgan fingerprint density at radius 1 is 1.38 bits per heavy atom. The molecule has 0 amide bonds. The lowest BCUT2D eigenvalue weighted by atomic mass is 10.1. The summed E-state index contributed by atoms with van der Waals surface area (Å²) in [4.78, 5) is 22.0. The standard InChI is InChI=1S/C11H13NO4/c1-7(14)8-4-2-3-5-9(8)12-10(6-13)11(15)16/h2-5,10,12-13H,6H2,1H3,(H,15,16)/t10-/m0/s1. The number of carbonyl (C=O) groups is 2. The van der Waals surface area contributed by atoms with Gasteiger partial charge in [0.1, 0.15) is 6.04 Å². The molecule has 86 valence electrons. The molecule has 1 aromatic rings. The molecule has 0 fully saturated rings. The lowest BCUT2D eigenvalue weighted by Crippen LogP contribution is -2.33. The van der Waals surface area contributed by atoms with E-state index in [1.165, 1.54) is 6.92 Å². The first-order valence-electron chi connectivity index (χ1n) is 4.76. The third-order valence-electron chi connectivity index (χ3n) is 2.12. The van der Waals surface area contributed by atoms with Gasteiger partial charge in [0.05, 0.1) is 6.61 Å². The maximum absolute atomic E-state index is 11.3. The van der Waals surface area contributed by atoms with Crippen LogP contribution in [0.3, 0.4) is 0 Å². The molecule has 0 radical (unpaired) electrons. The van der Waals surface area contributed by atoms with Gasteiger partial charge in [-0.05, 0) is 19.1 Å². The quantitative estimate of drug-likeness (QED) is 0.641. The number of nitrogens with one attached hydrogen (secondary N) is 1. The first kappa shape index (κ1) is 12.2. The minimum atomic E-state index is -1.17. The zero-order valence-corrected chi connectivity index (χ0v) is 8.80. The second kappa shape index (κ2) is 5.27. The van der Waals surface area contributed by atoms with Crippen molar-refractivity contribution in [1.29, 1.82) is 0 Å². The lowest BCUT2D eigenvalue weighted by molar-refractivity contribution is -0.138. The Labute approximate surface area is 92.7 Å². The second-order valence-electron chi connectivity index (χ2n) is 3.32. The predicted octanol–water partition coefficient (Wildman–Crippen LogP) is 0.747. The number of ketones is 1. The first-order valence-corrected chi connectivity index (χ1v) is 4.76. The van der Waals surface area contributed by atoms with Gasteiger partial charge in [-0.25, -0.2) is 4.79 Å². The molecule has 5 nitrogen and oxygen atoms in total. The Bertz CT molecular complexity index is 403. The van der Waals surface area contributed by atoms with Gasteiger partial charge in [-0.3, -0.25) is 4.79 Å². The minimum absolute atomic E-state index is 0.162. The van der Waals surface area contributed by atoms with Crippen molar-refractivity contribution in [2.45, 2.75) is 13.0 Å². The highest BCUT2D eigenvalue weighted by Gasteiger charge is 2.17. The molecule has 5 heteroatoms. The van der Waals surface area contributed by atoms with Crippen molar-refractivity contribution in [2.75, 3.05) is 11.9 Å². The Balaban J connectivity index is 2.95. The van der Waals surface area contributed by atoms with Crippen LogP contribution in [-0.2, 0) is 4.79 Å². The van der Waals surface area contributed by atoms with Gasteiger partial charge in [0.15, 0.2) is 5.78 Å². The predicted molar refractivity (Wildman–Crippen MR) is 58.6 cm³/mol. The number of hydrogen-bond donors (Lipinski definition) is 3. The highest BCUT2D eigenvalue weighted by Crippen LogP contribution is 2.16. The number of carbonyl (C=O) groups excluding carboxylic acids is 1. The summed E-state index contributed by atoms with van der Waals surface area (Å²) in [5.41, 5.74) is 0.818. The van der Waals surface area contributed by atoms with E-state index < -0.39 is 18.6 Å². The zero-order chi connectivity index (χ0) is 12.1. The summed E-state index contributed by atoms with van der Waals surface area (Å²) in [6.45, 7) is 0.858. The van der Waals surface area contributed by atoms with Crippen LogP contribution in [0.25, 0.3) is 0 Å². The van der Waals surface area contributed by atoms with E-state index in [1.807, 2.05) is 0 Å². The van der Waals surface area contributed by atoms with Crippen molar-refractivity contribution >= 4 is 17.4 Å². The molecule has 0 aliphatic heterocycles. The van der Waals surface area contributed by atoms with Crippen LogP contribution in [0.1, 0.15) is 17.3 Å². The molecule has 0 saturated heterocycles. The fourth-order valence-corrected chi connectivity index (χ4v) is 1.29. The molecule has 0 aromatic heterocycles. The van der Waals surface area contributed by atoms with Crippen LogP contribution in [0.2, 0.25) is 0 Å². The molecule has 0 heterocycles. The number of rotatable bonds is 5. The Kier molecular flexibility index (Phi) is 4.02. The summed E-state index contributed by atoms with van der Waals surface area (Å²) in [7, 11) is 0. The molecule has 0 saturated carbocycles. The van der Waals surface area contributed by atoms with E-state index in [0.29, 0.717) is 11.3 Å². The fourth-order valence-electron chi connectivity index (χ4n) is 1.29. The smallest absolute Gasteiger partial charge is 0.328 e. The van der Waals surface area contributed by atoms with E-state index in [2.05, 4.69) is 5.32 Å². The fraction of sp³-hybridized carbons (Fsp3) is 0.273. The van der Waals surface area contributed by atoms with E-state index >= 15 is 0 Å². The number of para-hydroxylation sites is 1. The van der Waals surface area contributed by atoms with Crippen LogP contribution >= 0.6 is 0 Å². The number of aliphatic hydroxyl groups excluding tert-OH is 1. The van der Waals surface area contributed by atoms with Crippen molar-refractivity contribution in [3.05, 3.63) is 29.8 Å². The van der Waals surface area contributed by atoms with Gasteiger partial charge < -0.3 is 15.5 Å². The monoisotopic (exact) mass is 223 g/mol. The van der Waals surface area contributed by atoms with Crippen molar-refractivity contribution in [2.24, 2.45) is 0 Å². The summed E-state index contributed by atoms with van der Waals surface area (Å²) in [5.74, 6) is -1.33. The second-order valence-corrected chi connectivity index (χ2v) is 3.32. The van der Waals surface area contributed by atoms with Crippen LogP contribution in [0.15, 0.2) is 24.3 Å². The van der Waals surface area contributed by atoms with Crippen molar-refractivity contribution in [3.8, 4) is 0 Å². The molecule has 0 aliphatic rings. The average Bonchev–Trinajstić information content (AvgIpc) is 2.25. The molecule has 1 aromatic carbocycles. The molecule has 0 spiro atoms. The SMILES string of the molecule is CC(=O)c1ccccc1N[C@@H](CO)C(=O)O. The zero-order valence-electron chi connectivity index (χ0n) is 8.80. The van der Waals surface area contributed by atoms with Gasteiger partial charge in [-0.1, -0.05) is 12.1 Å². The lowest BCUT2D eigenvalue weighted by Gasteiger charge is -2.15. The number of carboxylic acids is 1. The van der Waals surface area contributed by atoms with Crippen LogP contribution in [-0.4, -0.2) is 34.6 Å². The third kappa shape index (κ3) is 2.80. The molecular weight excluding hydrogens is 210 g/mol. The van der Waals surface area contributed by atoms with Crippen LogP contribution < -0.4 is 5.32 Å². The van der Waals surface area contributed by atoms with E-state index in [1.54, 1.807) is 24.3 Å². The highest BCUT2D eigenvalue weighted by atomic mass is 16.4. The molecular formula is C11H13NO4. The average molecular weight is 223 g/mol. The first-order chi connectivity index (χ1) is 7.56. The summed E-state index contributed by atoms with van der Waals surface area (Å²) in [6, 6.07) is 5.46. The van der Waals surface area contributed by atoms with Gasteiger partial charge in [0.2, 0.25) is 0 Å². The third-order valence-corrected chi connectivity index (χ3v) is 2.12. The normalized spacial score (nSPS) is 11.9. The van der Waals surface area contributed by atoms with Gasteiger partial charge in [-0.2, -0.15) is 0 Å². The maximum atomic E-state index is 11.3. The van der Waals surface area contributed by atoms with E-state index in [-0.39, 0.29) is 5.78 Å². The number of benzene rings is 1. The Morgan fingerprint density at radius 3 is 2.50 bits per heavy atom. The molecule has 0 aliphatic carbocycles. The number of Topliss-reactive ketones (excluding diaryl/α,β-unsaturated/α-hetero) is 1. The number of aliphatic hydroxyl groups is 1. The van der Waals surface area contributed by atoms with Crippen molar-refractivity contribution in [1.82, 2.24) is 0 Å². The summed E-state index contributed by atoms with van der Waals surface area (Å²) >= 11 is 0. The number of aliphatic carboxylic acids is 1. The highest BCUT2D eigenvalue weighted by molar-refractivity contribution is 6.00. The summed E-state index contributed by atoms with van der Waals surface area (Å²) in [5, 5.41) is 20.2. The van der Waals surface area contributed by atoms with E-state index in [9.17, 15) is 9.59 Å². The molecule has 16 heavy (non-hydrogen) atoms. The van der Waals surface area contributed by atoms with Crippen LogP contribution in [0.5, 0.6) is 0 Å². The minimum Gasteiger partial charge on any atom is -0.480 e. The van der Waals surface area contributed by atoms with Crippen LogP contribution in [0, 0.1) is 0 Å². The van der Waals surface area contributed by atoms with Crippen molar-refractivity contribution < 1.29 is 19.8 Å². The molecule has 0 unspecified atom stereocenters. The van der Waals surface area contributed by atoms with Gasteiger partial charge in [0, 0.05) is 11.3 Å². The molecule has 3 N–H and O–H groups in total. The molecule has 1 atom stereocenters. The van der Waals surface area contributed by atoms with Gasteiger partial charge >= 0.3 is 5.97 Å². The van der Waals surface area contributed by atoms with Gasteiger partial charge in [-0.15, -0.1) is 0 Å². The summed E-state index contributed by atoms with van der Waals surface area (Å²) < 4.78 is 0. The molecule has 1 rings (SSSR count).